The highest BCUT2D eigenvalue weighted by molar-refractivity contribution is 6.24. The summed E-state index contributed by atoms with van der Waals surface area (Å²) in [4.78, 5) is 21.0. The molecule has 4 aromatic heterocycles. The van der Waals surface area contributed by atoms with Crippen molar-refractivity contribution in [2.45, 2.75) is 0 Å². The van der Waals surface area contributed by atoms with Gasteiger partial charge in [-0.2, -0.15) is 0 Å². The first kappa shape index (κ1) is 39.1. The molecule has 6 nitrogen and oxygen atoms in total. The first-order valence-electron chi connectivity index (χ1n) is 22.8. The summed E-state index contributed by atoms with van der Waals surface area (Å²) in [5.41, 5.74) is 15.5. The zero-order valence-corrected chi connectivity index (χ0v) is 36.7. The fraction of sp³-hybridized carbons (Fsp3) is 0. The topological polar surface area (TPSA) is 69.6 Å². The molecule has 9 aromatic carbocycles. The van der Waals surface area contributed by atoms with Gasteiger partial charge in [-0.3, -0.25) is 4.98 Å². The van der Waals surface area contributed by atoms with Gasteiger partial charge in [0.15, 0.2) is 17.5 Å². The molecule has 0 N–H and O–H groups in total. The molecule has 0 bridgehead atoms. The number of pyridine rings is 1. The highest BCUT2D eigenvalue weighted by atomic mass is 16.3. The third kappa shape index (κ3) is 6.66. The fourth-order valence-corrected chi connectivity index (χ4v) is 9.80. The monoisotopic (exact) mass is 869 g/mol. The van der Waals surface area contributed by atoms with Gasteiger partial charge in [0.05, 0.1) is 22.1 Å². The van der Waals surface area contributed by atoms with Gasteiger partial charge in [-0.05, 0) is 76.3 Å². The van der Waals surface area contributed by atoms with Gasteiger partial charge in [0, 0.05) is 55.9 Å². The van der Waals surface area contributed by atoms with Gasteiger partial charge in [-0.25, -0.2) is 15.0 Å². The Morgan fingerprint density at radius 2 is 0.897 bits per heavy atom. The third-order valence-electron chi connectivity index (χ3n) is 12.9. The predicted octanol–water partition coefficient (Wildman–Crippen LogP) is 15.9. The van der Waals surface area contributed by atoms with Crippen LogP contribution in [0.15, 0.2) is 241 Å². The second-order valence-electron chi connectivity index (χ2n) is 17.0. The molecule has 0 unspecified atom stereocenters. The maximum Gasteiger partial charge on any atom is 0.166 e. The summed E-state index contributed by atoms with van der Waals surface area (Å²) in [7, 11) is 0. The Morgan fingerprint density at radius 3 is 1.53 bits per heavy atom. The first-order valence-corrected chi connectivity index (χ1v) is 22.8. The molecule has 13 rings (SSSR count). The Balaban J connectivity index is 1.07. The lowest BCUT2D eigenvalue weighted by atomic mass is 9.87. The Bertz CT molecular complexity index is 3880. The molecule has 0 saturated carbocycles. The lowest BCUT2D eigenvalue weighted by Gasteiger charge is -2.18. The van der Waals surface area contributed by atoms with Crippen molar-refractivity contribution in [1.82, 2.24) is 24.5 Å². The lowest BCUT2D eigenvalue weighted by molar-refractivity contribution is 0.673. The molecule has 6 heteroatoms. The molecule has 4 heterocycles. The summed E-state index contributed by atoms with van der Waals surface area (Å²) in [6, 6.07) is 79.9. The Morgan fingerprint density at radius 1 is 0.353 bits per heavy atom. The van der Waals surface area contributed by atoms with Gasteiger partial charge >= 0.3 is 0 Å². The number of hydrogen-bond acceptors (Lipinski definition) is 5. The molecule has 0 aliphatic heterocycles. The van der Waals surface area contributed by atoms with Crippen molar-refractivity contribution in [3.8, 4) is 84.5 Å². The quantitative estimate of drug-likeness (QED) is 0.152. The molecular formula is C62H39N5O. The molecule has 0 aliphatic rings. The van der Waals surface area contributed by atoms with E-state index in [1.54, 1.807) is 0 Å². The number of nitrogens with zero attached hydrogens (tertiary/aromatic N) is 5. The largest absolute Gasteiger partial charge is 0.455 e. The van der Waals surface area contributed by atoms with Crippen LogP contribution in [0.2, 0.25) is 0 Å². The van der Waals surface area contributed by atoms with Crippen molar-refractivity contribution in [3.63, 3.8) is 0 Å². The van der Waals surface area contributed by atoms with E-state index in [0.717, 1.165) is 111 Å². The summed E-state index contributed by atoms with van der Waals surface area (Å²) in [6.45, 7) is 0. The smallest absolute Gasteiger partial charge is 0.166 e. The van der Waals surface area contributed by atoms with E-state index < -0.39 is 0 Å². The van der Waals surface area contributed by atoms with E-state index in [-0.39, 0.29) is 0 Å². The summed E-state index contributed by atoms with van der Waals surface area (Å²) in [5, 5.41) is 4.31. The maximum absolute atomic E-state index is 7.02. The van der Waals surface area contributed by atoms with Crippen LogP contribution in [0.3, 0.4) is 0 Å². The number of aromatic nitrogens is 5. The molecule has 0 spiro atoms. The fourth-order valence-electron chi connectivity index (χ4n) is 9.80. The van der Waals surface area contributed by atoms with Crippen LogP contribution in [0, 0.1) is 0 Å². The van der Waals surface area contributed by atoms with E-state index in [1.165, 1.54) is 0 Å². The van der Waals surface area contributed by atoms with Crippen LogP contribution < -0.4 is 0 Å². The molecule has 0 saturated heterocycles. The number of rotatable bonds is 8. The number of furan rings is 1. The zero-order chi connectivity index (χ0) is 45.0. The predicted molar refractivity (Wildman–Crippen MR) is 277 cm³/mol. The van der Waals surface area contributed by atoms with Crippen LogP contribution in [-0.4, -0.2) is 24.5 Å². The maximum atomic E-state index is 7.02. The summed E-state index contributed by atoms with van der Waals surface area (Å²) < 4.78 is 9.35. The SMILES string of the molecule is c1ccc(-c2nc(-c3ccccc3)nc(-c3cc(-c4c(-c5ccccc5)cccc4-c4ccccc4)cnc3-c3ccc4c(c3)oc3c4ccc4c3c3ccccc3n4-c3ccccc3)n2)cc1. The zero-order valence-electron chi connectivity index (χ0n) is 36.7. The van der Waals surface area contributed by atoms with Gasteiger partial charge in [0.25, 0.3) is 0 Å². The Labute approximate surface area is 392 Å². The first-order chi connectivity index (χ1) is 33.7. The van der Waals surface area contributed by atoms with E-state index in [9.17, 15) is 0 Å². The number of benzene rings is 9. The van der Waals surface area contributed by atoms with Crippen molar-refractivity contribution in [2.75, 3.05) is 0 Å². The number of para-hydroxylation sites is 2. The average molecular weight is 870 g/mol. The molecule has 0 aliphatic carbocycles. The number of hydrogen-bond donors (Lipinski definition) is 0. The van der Waals surface area contributed by atoms with Crippen LogP contribution in [-0.2, 0) is 0 Å². The van der Waals surface area contributed by atoms with Crippen LogP contribution in [0.5, 0.6) is 0 Å². The van der Waals surface area contributed by atoms with Crippen molar-refractivity contribution < 1.29 is 4.42 Å². The van der Waals surface area contributed by atoms with E-state index >= 15 is 0 Å². The highest BCUT2D eigenvalue weighted by Crippen LogP contribution is 2.45. The minimum absolute atomic E-state index is 0.514. The van der Waals surface area contributed by atoms with Gasteiger partial charge in [-0.15, -0.1) is 0 Å². The van der Waals surface area contributed by atoms with Gasteiger partial charge in [0.1, 0.15) is 11.2 Å². The van der Waals surface area contributed by atoms with Crippen molar-refractivity contribution in [3.05, 3.63) is 237 Å². The minimum atomic E-state index is 0.514. The van der Waals surface area contributed by atoms with Crippen LogP contribution in [0.4, 0.5) is 0 Å². The lowest BCUT2D eigenvalue weighted by Crippen LogP contribution is -2.02. The molecule has 13 aromatic rings. The standard InChI is InChI=1S/C62H39N5O/c1-6-19-40(20-7-1)47-30-18-31-48(41-21-8-2-9-22-41)56(47)45-37-52(62-65-60(42-23-10-3-11-24-42)64-61(66-62)43-25-12-4-13-26-43)58(63-39-45)44-33-34-49-50-35-36-54-57(59(50)68-55(49)38-44)51-29-16-17-32-53(51)67(54)46-27-14-5-15-28-46/h1-39H. The number of fused-ring (bicyclic) bond motifs is 7. The van der Waals surface area contributed by atoms with Crippen LogP contribution in [0.25, 0.3) is 128 Å². The van der Waals surface area contributed by atoms with Gasteiger partial charge in [-0.1, -0.05) is 182 Å². The second kappa shape index (κ2) is 16.3. The molecule has 68 heavy (non-hydrogen) atoms. The average Bonchev–Trinajstić information content (AvgIpc) is 3.97. The minimum Gasteiger partial charge on any atom is -0.455 e. The van der Waals surface area contributed by atoms with Crippen LogP contribution in [0.1, 0.15) is 0 Å². The van der Waals surface area contributed by atoms with Crippen molar-refractivity contribution in [1.29, 1.82) is 0 Å². The normalized spacial score (nSPS) is 11.5. The highest BCUT2D eigenvalue weighted by Gasteiger charge is 2.23. The Hall–Kier alpha value is -9.26. The van der Waals surface area contributed by atoms with E-state index in [1.807, 2.05) is 66.9 Å². The van der Waals surface area contributed by atoms with E-state index in [4.69, 9.17) is 24.4 Å². The van der Waals surface area contributed by atoms with E-state index in [0.29, 0.717) is 17.5 Å². The van der Waals surface area contributed by atoms with Crippen molar-refractivity contribution >= 4 is 43.7 Å². The summed E-state index contributed by atoms with van der Waals surface area (Å²) in [6.07, 6.45) is 2.00. The Kier molecular flexibility index (Phi) is 9.39. The molecule has 0 atom stereocenters. The molecule has 0 amide bonds. The van der Waals surface area contributed by atoms with Crippen molar-refractivity contribution in [2.24, 2.45) is 0 Å². The third-order valence-corrected chi connectivity index (χ3v) is 12.9. The molecule has 318 valence electrons. The van der Waals surface area contributed by atoms with Gasteiger partial charge < -0.3 is 8.98 Å². The van der Waals surface area contributed by atoms with E-state index in [2.05, 4.69) is 174 Å². The molecular weight excluding hydrogens is 831 g/mol. The van der Waals surface area contributed by atoms with Crippen LogP contribution >= 0.6 is 0 Å². The van der Waals surface area contributed by atoms with Gasteiger partial charge in [0.2, 0.25) is 0 Å². The molecule has 0 radical (unpaired) electrons. The summed E-state index contributed by atoms with van der Waals surface area (Å²) in [5.74, 6) is 1.67. The second-order valence-corrected chi connectivity index (χ2v) is 17.0. The molecule has 0 fully saturated rings. The summed E-state index contributed by atoms with van der Waals surface area (Å²) >= 11 is 0.